The minimum absolute atomic E-state index is 0.120. The zero-order valence-electron chi connectivity index (χ0n) is 33.2. The second-order valence-electron chi connectivity index (χ2n) is 15.5. The second-order valence-corrected chi connectivity index (χ2v) is 15.5. The quantitative estimate of drug-likeness (QED) is 0.0749. The number of carbonyl (C=O) groups excluding carboxylic acids is 1. The number of hydrogen-bond donors (Lipinski definition) is 5. The molecule has 0 spiro atoms. The summed E-state index contributed by atoms with van der Waals surface area (Å²) in [6, 6.07) is 13.5. The number of aryl methyl sites for hydroxylation is 2. The minimum Gasteiger partial charge on any atom is -0.393 e. The van der Waals surface area contributed by atoms with E-state index in [-0.39, 0.29) is 36.2 Å². The van der Waals surface area contributed by atoms with E-state index in [1.54, 1.807) is 17.8 Å². The number of carbonyl (C=O) groups is 1. The minimum atomic E-state index is -4.27. The van der Waals surface area contributed by atoms with Crippen molar-refractivity contribution in [1.29, 1.82) is 0 Å². The molecule has 2 aromatic carbocycles. The SMILES string of the molecule is Cn1c(=O)n([C@H]2CCC(O)NC2=O)c2ccc(CCCOCCOCCNCc3ccc(-c4cn(C5CCC(O)CC5)c5nc(NCCC(F)(F)F)ncc45)cc3)cc21. The highest BCUT2D eigenvalue weighted by atomic mass is 19.4. The van der Waals surface area contributed by atoms with Crippen LogP contribution in [-0.2, 0) is 34.3 Å². The third-order valence-corrected chi connectivity index (χ3v) is 11.3. The smallest absolute Gasteiger partial charge is 0.390 e. The fraction of sp³-hybridized carbons (Fsp3) is 0.524. The number of nitrogens with zero attached hydrogens (tertiary/aromatic N) is 5. The molecule has 4 heterocycles. The third kappa shape index (κ3) is 10.5. The predicted octanol–water partition coefficient (Wildman–Crippen LogP) is 5.12. The number of rotatable bonds is 18. The van der Waals surface area contributed by atoms with Gasteiger partial charge in [0, 0.05) is 62.7 Å². The van der Waals surface area contributed by atoms with E-state index in [2.05, 4.69) is 48.8 Å². The number of imidazole rings is 1. The number of benzene rings is 2. The summed E-state index contributed by atoms with van der Waals surface area (Å²) in [7, 11) is 1.70. The molecule has 0 radical (unpaired) electrons. The summed E-state index contributed by atoms with van der Waals surface area (Å²) in [5.41, 5.74) is 5.97. The Morgan fingerprint density at radius 2 is 1.64 bits per heavy atom. The van der Waals surface area contributed by atoms with Gasteiger partial charge in [-0.2, -0.15) is 18.2 Å². The first kappa shape index (κ1) is 42.3. The molecule has 1 saturated heterocycles. The van der Waals surface area contributed by atoms with Gasteiger partial charge >= 0.3 is 11.9 Å². The number of nitrogens with one attached hydrogen (secondary N) is 3. The normalized spacial score (nSPS) is 20.1. The van der Waals surface area contributed by atoms with Crippen LogP contribution in [0.25, 0.3) is 33.2 Å². The molecular formula is C42H53F3N8O6. The van der Waals surface area contributed by atoms with E-state index >= 15 is 0 Å². The van der Waals surface area contributed by atoms with Crippen LogP contribution in [0, 0.1) is 0 Å². The van der Waals surface area contributed by atoms with Crippen molar-refractivity contribution in [1.82, 2.24) is 34.3 Å². The molecular weight excluding hydrogens is 770 g/mol. The third-order valence-electron chi connectivity index (χ3n) is 11.3. The van der Waals surface area contributed by atoms with Crippen LogP contribution in [0.4, 0.5) is 19.1 Å². The number of amides is 1. The average molecular weight is 823 g/mol. The fourth-order valence-electron chi connectivity index (χ4n) is 8.05. The van der Waals surface area contributed by atoms with Crippen LogP contribution in [-0.4, -0.2) is 97.8 Å². The Labute approximate surface area is 339 Å². The van der Waals surface area contributed by atoms with Crippen molar-refractivity contribution in [3.05, 3.63) is 76.5 Å². The number of halogens is 3. The Morgan fingerprint density at radius 3 is 2.39 bits per heavy atom. The number of anilines is 1. The number of ether oxygens (including phenoxy) is 2. The van der Waals surface area contributed by atoms with E-state index < -0.39 is 24.9 Å². The van der Waals surface area contributed by atoms with E-state index in [1.807, 2.05) is 30.3 Å². The Balaban J connectivity index is 0.822. The molecule has 1 aliphatic carbocycles. The molecule has 1 saturated carbocycles. The Morgan fingerprint density at radius 1 is 0.898 bits per heavy atom. The zero-order chi connectivity index (χ0) is 41.5. The Kier molecular flexibility index (Phi) is 13.7. The maximum Gasteiger partial charge on any atom is 0.390 e. The van der Waals surface area contributed by atoms with E-state index in [1.165, 1.54) is 4.57 Å². The molecule has 1 unspecified atom stereocenters. The largest absolute Gasteiger partial charge is 0.393 e. The number of fused-ring (bicyclic) bond motifs is 2. The predicted molar refractivity (Wildman–Crippen MR) is 217 cm³/mol. The summed E-state index contributed by atoms with van der Waals surface area (Å²) in [4.78, 5) is 34.5. The first-order valence-corrected chi connectivity index (χ1v) is 20.5. The molecule has 2 fully saturated rings. The Hall–Kier alpha value is -4.81. The first-order valence-electron chi connectivity index (χ1n) is 20.5. The van der Waals surface area contributed by atoms with Gasteiger partial charge in [0.05, 0.1) is 43.4 Å². The lowest BCUT2D eigenvalue weighted by Crippen LogP contribution is -2.46. The van der Waals surface area contributed by atoms with E-state index in [4.69, 9.17) is 9.47 Å². The van der Waals surface area contributed by atoms with E-state index in [0.29, 0.717) is 76.4 Å². The molecule has 7 rings (SSSR count). The van der Waals surface area contributed by atoms with Crippen LogP contribution >= 0.6 is 0 Å². The summed E-state index contributed by atoms with van der Waals surface area (Å²) >= 11 is 0. The van der Waals surface area contributed by atoms with Gasteiger partial charge in [0.25, 0.3) is 0 Å². The lowest BCUT2D eigenvalue weighted by atomic mass is 9.93. The molecule has 17 heteroatoms. The standard InChI is InChI=1S/C42H53F3N8O6/c1-51-36-23-27(6-13-34(36)53(41(51)57)35-14-15-37(55)49-39(35)56)3-2-19-58-21-22-59-20-18-46-24-28-4-7-29(8-5-28)33-26-52(30-9-11-31(54)12-10-30)38-32(33)25-48-40(50-38)47-17-16-42(43,44)45/h4-8,13,23,25-26,30-31,35,37,46,54-55H,2-3,9-12,14-22,24H2,1H3,(H,49,56)(H,47,48,50)/t30?,31?,35-,37?/m0/s1. The van der Waals surface area contributed by atoms with Crippen molar-refractivity contribution in [3.63, 3.8) is 0 Å². The number of aliphatic hydroxyl groups excluding tert-OH is 2. The van der Waals surface area contributed by atoms with Crippen LogP contribution in [0.1, 0.15) is 74.6 Å². The highest BCUT2D eigenvalue weighted by Crippen LogP contribution is 2.37. The molecule has 59 heavy (non-hydrogen) atoms. The van der Waals surface area contributed by atoms with Gasteiger partial charge in [-0.05, 0) is 80.2 Å². The van der Waals surface area contributed by atoms with Crippen molar-refractivity contribution in [2.45, 2.75) is 94.9 Å². The molecule has 5 aromatic rings. The summed E-state index contributed by atoms with van der Waals surface area (Å²) in [6.07, 6.45) is 2.59. The molecule has 14 nitrogen and oxygen atoms in total. The van der Waals surface area contributed by atoms with Gasteiger partial charge in [-0.15, -0.1) is 0 Å². The maximum absolute atomic E-state index is 13.0. The van der Waals surface area contributed by atoms with Crippen LogP contribution in [0.3, 0.4) is 0 Å². The highest BCUT2D eigenvalue weighted by molar-refractivity contribution is 5.94. The lowest BCUT2D eigenvalue weighted by molar-refractivity contribution is -0.132. The molecule has 1 amide bonds. The zero-order valence-corrected chi connectivity index (χ0v) is 33.2. The van der Waals surface area contributed by atoms with Crippen molar-refractivity contribution < 1.29 is 37.7 Å². The first-order chi connectivity index (χ1) is 28.4. The number of piperidine rings is 1. The van der Waals surface area contributed by atoms with Gasteiger partial charge in [-0.1, -0.05) is 30.3 Å². The summed E-state index contributed by atoms with van der Waals surface area (Å²) in [6.45, 7) is 3.09. The summed E-state index contributed by atoms with van der Waals surface area (Å²) in [5, 5.41) is 29.3. The van der Waals surface area contributed by atoms with E-state index in [9.17, 15) is 33.0 Å². The van der Waals surface area contributed by atoms with Crippen LogP contribution in [0.15, 0.2) is 59.7 Å². The van der Waals surface area contributed by atoms with Gasteiger partial charge in [0.1, 0.15) is 17.9 Å². The van der Waals surface area contributed by atoms with Crippen LogP contribution in [0.5, 0.6) is 0 Å². The number of aromatic nitrogens is 5. The summed E-state index contributed by atoms with van der Waals surface area (Å²) in [5.74, 6) is -0.192. The van der Waals surface area contributed by atoms with Gasteiger partial charge in [0.2, 0.25) is 11.9 Å². The maximum atomic E-state index is 13.0. The summed E-state index contributed by atoms with van der Waals surface area (Å²) < 4.78 is 54.9. The molecule has 3 aromatic heterocycles. The average Bonchev–Trinajstić information content (AvgIpc) is 3.70. The molecule has 318 valence electrons. The van der Waals surface area contributed by atoms with Crippen molar-refractivity contribution in [2.75, 3.05) is 44.8 Å². The van der Waals surface area contributed by atoms with Gasteiger partial charge in [0.15, 0.2) is 0 Å². The number of hydrogen-bond acceptors (Lipinski definition) is 10. The lowest BCUT2D eigenvalue weighted by Gasteiger charge is -2.27. The fourth-order valence-corrected chi connectivity index (χ4v) is 8.05. The van der Waals surface area contributed by atoms with Crippen LogP contribution < -0.4 is 21.6 Å². The van der Waals surface area contributed by atoms with Gasteiger partial charge < -0.3 is 40.2 Å². The van der Waals surface area contributed by atoms with Crippen molar-refractivity contribution in [3.8, 4) is 11.1 Å². The molecule has 5 N–H and O–H groups in total. The molecule has 2 atom stereocenters. The highest BCUT2D eigenvalue weighted by Gasteiger charge is 2.31. The molecule has 0 bridgehead atoms. The molecule has 1 aliphatic heterocycles. The van der Waals surface area contributed by atoms with Crippen molar-refractivity contribution >= 4 is 33.9 Å². The van der Waals surface area contributed by atoms with Crippen molar-refractivity contribution in [2.24, 2.45) is 7.05 Å². The van der Waals surface area contributed by atoms with E-state index in [0.717, 1.165) is 58.8 Å². The second kappa shape index (κ2) is 19.1. The number of alkyl halides is 3. The topological polar surface area (TPSA) is 170 Å². The molecule has 2 aliphatic rings. The van der Waals surface area contributed by atoms with Crippen LogP contribution in [0.2, 0.25) is 0 Å². The Bertz CT molecular complexity index is 2250. The monoisotopic (exact) mass is 822 g/mol. The van der Waals surface area contributed by atoms with Gasteiger partial charge in [-0.3, -0.25) is 13.9 Å². The van der Waals surface area contributed by atoms with Gasteiger partial charge in [-0.25, -0.2) is 9.78 Å². The number of aliphatic hydroxyl groups is 2.